The predicted molar refractivity (Wildman–Crippen MR) is 67.0 cm³/mol. The van der Waals surface area contributed by atoms with Crippen molar-refractivity contribution in [2.24, 2.45) is 5.73 Å². The lowest BCUT2D eigenvalue weighted by molar-refractivity contribution is 0.591. The fraction of sp³-hybridized carbons (Fsp3) is 0.364. The molecule has 0 fully saturated rings. The highest BCUT2D eigenvalue weighted by atomic mass is 32.2. The van der Waals surface area contributed by atoms with Crippen LogP contribution in [0, 0.1) is 11.3 Å². The van der Waals surface area contributed by atoms with Crippen LogP contribution in [-0.4, -0.2) is 27.3 Å². The van der Waals surface area contributed by atoms with Crippen LogP contribution in [0.2, 0.25) is 0 Å². The zero-order valence-corrected chi connectivity index (χ0v) is 10.4. The highest BCUT2D eigenvalue weighted by molar-refractivity contribution is 7.92. The van der Waals surface area contributed by atoms with Gasteiger partial charge < -0.3 is 5.73 Å². The zero-order chi connectivity index (χ0) is 12.9. The van der Waals surface area contributed by atoms with Crippen LogP contribution in [0.1, 0.15) is 12.5 Å². The van der Waals surface area contributed by atoms with Gasteiger partial charge in [0.2, 0.25) is 10.0 Å². The third-order valence-corrected chi connectivity index (χ3v) is 4.18. The van der Waals surface area contributed by atoms with E-state index in [0.29, 0.717) is 17.8 Å². The normalized spacial score (nSPS) is 10.9. The zero-order valence-electron chi connectivity index (χ0n) is 9.63. The van der Waals surface area contributed by atoms with E-state index in [1.54, 1.807) is 31.2 Å². The van der Waals surface area contributed by atoms with E-state index in [4.69, 9.17) is 11.0 Å². The molecule has 17 heavy (non-hydrogen) atoms. The average molecular weight is 253 g/mol. The molecular weight excluding hydrogens is 238 g/mol. The summed E-state index contributed by atoms with van der Waals surface area (Å²) in [6.07, 6.45) is 0. The largest absolute Gasteiger partial charge is 0.329 e. The molecule has 92 valence electrons. The van der Waals surface area contributed by atoms with Gasteiger partial charge in [0.1, 0.15) is 0 Å². The van der Waals surface area contributed by atoms with Crippen molar-refractivity contribution in [3.63, 3.8) is 0 Å². The van der Waals surface area contributed by atoms with Crippen LogP contribution in [0.3, 0.4) is 0 Å². The molecule has 1 aromatic carbocycles. The summed E-state index contributed by atoms with van der Waals surface area (Å²) < 4.78 is 25.1. The Morgan fingerprint density at radius 2 is 1.94 bits per heavy atom. The SMILES string of the molecule is CCN(c1ccc(C#N)cc1)S(=O)(=O)CCN. The van der Waals surface area contributed by atoms with Crippen molar-refractivity contribution in [1.29, 1.82) is 5.26 Å². The van der Waals surface area contributed by atoms with Crippen LogP contribution in [-0.2, 0) is 10.0 Å². The summed E-state index contributed by atoms with van der Waals surface area (Å²) in [4.78, 5) is 0. The molecule has 0 aromatic heterocycles. The smallest absolute Gasteiger partial charge is 0.236 e. The van der Waals surface area contributed by atoms with Crippen LogP contribution in [0.15, 0.2) is 24.3 Å². The number of benzene rings is 1. The first-order chi connectivity index (χ1) is 8.05. The van der Waals surface area contributed by atoms with Gasteiger partial charge in [-0.1, -0.05) is 0 Å². The Morgan fingerprint density at radius 1 is 1.35 bits per heavy atom. The van der Waals surface area contributed by atoms with Crippen molar-refractivity contribution in [2.45, 2.75) is 6.92 Å². The maximum Gasteiger partial charge on any atom is 0.236 e. The van der Waals surface area contributed by atoms with Crippen molar-refractivity contribution in [2.75, 3.05) is 23.1 Å². The quantitative estimate of drug-likeness (QED) is 0.835. The molecule has 0 unspecified atom stereocenters. The third-order valence-electron chi connectivity index (χ3n) is 2.28. The predicted octanol–water partition coefficient (Wildman–Crippen LogP) is 0.673. The summed E-state index contributed by atoms with van der Waals surface area (Å²) in [5, 5.41) is 8.67. The topological polar surface area (TPSA) is 87.2 Å². The summed E-state index contributed by atoms with van der Waals surface area (Å²) in [6.45, 7) is 2.19. The Bertz CT molecular complexity index is 503. The van der Waals surface area contributed by atoms with Gasteiger partial charge in [-0.2, -0.15) is 5.26 Å². The molecule has 0 amide bonds. The summed E-state index contributed by atoms with van der Waals surface area (Å²) in [5.41, 5.74) is 6.34. The third kappa shape index (κ3) is 3.19. The second-order valence-corrected chi connectivity index (χ2v) is 5.44. The van der Waals surface area contributed by atoms with E-state index in [9.17, 15) is 8.42 Å². The molecule has 0 spiro atoms. The van der Waals surface area contributed by atoms with E-state index in [2.05, 4.69) is 0 Å². The molecule has 0 saturated heterocycles. The lowest BCUT2D eigenvalue weighted by Gasteiger charge is -2.22. The van der Waals surface area contributed by atoms with Gasteiger partial charge >= 0.3 is 0 Å². The van der Waals surface area contributed by atoms with Gasteiger partial charge in [0.05, 0.1) is 23.1 Å². The molecule has 1 aromatic rings. The number of hydrogen-bond acceptors (Lipinski definition) is 4. The fourth-order valence-corrected chi connectivity index (χ4v) is 2.86. The molecule has 0 bridgehead atoms. The molecule has 0 atom stereocenters. The Balaban J connectivity index is 3.06. The Hall–Kier alpha value is -1.58. The first-order valence-corrected chi connectivity index (χ1v) is 6.86. The molecule has 5 nitrogen and oxygen atoms in total. The number of nitriles is 1. The van der Waals surface area contributed by atoms with Crippen LogP contribution in [0.5, 0.6) is 0 Å². The van der Waals surface area contributed by atoms with Gasteiger partial charge in [-0.25, -0.2) is 8.42 Å². The molecule has 6 heteroatoms. The molecule has 2 N–H and O–H groups in total. The van der Waals surface area contributed by atoms with E-state index >= 15 is 0 Å². The van der Waals surface area contributed by atoms with E-state index in [-0.39, 0.29) is 12.3 Å². The molecule has 0 aliphatic carbocycles. The molecule has 0 saturated carbocycles. The van der Waals surface area contributed by atoms with Gasteiger partial charge in [0, 0.05) is 13.1 Å². The minimum atomic E-state index is -3.37. The molecule has 0 radical (unpaired) electrons. The van der Waals surface area contributed by atoms with E-state index in [1.807, 2.05) is 6.07 Å². The summed E-state index contributed by atoms with van der Waals surface area (Å²) in [5.74, 6) is -0.0825. The van der Waals surface area contributed by atoms with Gasteiger partial charge in [-0.3, -0.25) is 4.31 Å². The van der Waals surface area contributed by atoms with Gasteiger partial charge in [-0.05, 0) is 31.2 Å². The number of sulfonamides is 1. The highest BCUT2D eigenvalue weighted by Gasteiger charge is 2.19. The number of anilines is 1. The second-order valence-electron chi connectivity index (χ2n) is 3.43. The number of nitrogens with zero attached hydrogens (tertiary/aromatic N) is 2. The lowest BCUT2D eigenvalue weighted by atomic mass is 10.2. The Morgan fingerprint density at radius 3 is 2.35 bits per heavy atom. The van der Waals surface area contributed by atoms with Crippen LogP contribution >= 0.6 is 0 Å². The summed E-state index contributed by atoms with van der Waals surface area (Å²) >= 11 is 0. The molecule has 0 aliphatic rings. The van der Waals surface area contributed by atoms with Crippen LogP contribution in [0.4, 0.5) is 5.69 Å². The van der Waals surface area contributed by atoms with Gasteiger partial charge in [0.25, 0.3) is 0 Å². The number of hydrogen-bond donors (Lipinski definition) is 1. The van der Waals surface area contributed by atoms with Crippen molar-refractivity contribution in [3.05, 3.63) is 29.8 Å². The van der Waals surface area contributed by atoms with E-state index < -0.39 is 10.0 Å². The fourth-order valence-electron chi connectivity index (χ4n) is 1.50. The van der Waals surface area contributed by atoms with Gasteiger partial charge in [0.15, 0.2) is 0 Å². The molecule has 0 aliphatic heterocycles. The minimum Gasteiger partial charge on any atom is -0.329 e. The first kappa shape index (κ1) is 13.5. The van der Waals surface area contributed by atoms with E-state index in [0.717, 1.165) is 0 Å². The van der Waals surface area contributed by atoms with Crippen molar-refractivity contribution in [1.82, 2.24) is 0 Å². The standard InChI is InChI=1S/C11H15N3O2S/c1-2-14(17(15,16)8-7-12)11-5-3-10(9-13)4-6-11/h3-6H,2,7-8,12H2,1H3. The van der Waals surface area contributed by atoms with Crippen LogP contribution in [0.25, 0.3) is 0 Å². The monoisotopic (exact) mass is 253 g/mol. The molecule has 0 heterocycles. The maximum absolute atomic E-state index is 11.9. The second kappa shape index (κ2) is 5.66. The van der Waals surface area contributed by atoms with Crippen LogP contribution < -0.4 is 10.0 Å². The Kier molecular flexibility index (Phi) is 4.49. The summed E-state index contributed by atoms with van der Waals surface area (Å²) in [7, 11) is -3.37. The maximum atomic E-state index is 11.9. The Labute approximate surface area is 102 Å². The first-order valence-electron chi connectivity index (χ1n) is 5.25. The van der Waals surface area contributed by atoms with Crippen molar-refractivity contribution < 1.29 is 8.42 Å². The highest BCUT2D eigenvalue weighted by Crippen LogP contribution is 2.18. The van der Waals surface area contributed by atoms with Gasteiger partial charge in [-0.15, -0.1) is 0 Å². The number of rotatable bonds is 5. The molecule has 1 rings (SSSR count). The lowest BCUT2D eigenvalue weighted by Crippen LogP contribution is -2.35. The average Bonchev–Trinajstić information content (AvgIpc) is 2.30. The van der Waals surface area contributed by atoms with E-state index in [1.165, 1.54) is 4.31 Å². The molecular formula is C11H15N3O2S. The van der Waals surface area contributed by atoms with Crippen molar-refractivity contribution >= 4 is 15.7 Å². The minimum absolute atomic E-state index is 0.0825. The van der Waals surface area contributed by atoms with Crippen molar-refractivity contribution in [3.8, 4) is 6.07 Å². The number of nitrogens with two attached hydrogens (primary N) is 1. The summed E-state index contributed by atoms with van der Waals surface area (Å²) in [6, 6.07) is 8.42.